The lowest BCUT2D eigenvalue weighted by Gasteiger charge is -2.25. The van der Waals surface area contributed by atoms with E-state index in [-0.39, 0.29) is 24.4 Å². The van der Waals surface area contributed by atoms with Crippen LogP contribution in [0.1, 0.15) is 11.3 Å². The molecule has 1 aliphatic heterocycles. The number of carbonyl (C=O) groups excluding carboxylic acids is 1. The van der Waals surface area contributed by atoms with Crippen LogP contribution in [0.2, 0.25) is 0 Å². The summed E-state index contributed by atoms with van der Waals surface area (Å²) in [6, 6.07) is 16.5. The topological polar surface area (TPSA) is 86.5 Å². The lowest BCUT2D eigenvalue weighted by atomic mass is 10.2. The number of rotatable bonds is 6. The van der Waals surface area contributed by atoms with Crippen molar-refractivity contribution in [2.24, 2.45) is 0 Å². The number of fused-ring (bicyclic) bond motifs is 2. The third kappa shape index (κ3) is 4.06. The van der Waals surface area contributed by atoms with Crippen molar-refractivity contribution in [1.82, 2.24) is 15.0 Å². The summed E-state index contributed by atoms with van der Waals surface area (Å²) in [7, 11) is 0. The summed E-state index contributed by atoms with van der Waals surface area (Å²) in [5, 5.41) is 10.5. The molecule has 162 valence electrons. The van der Waals surface area contributed by atoms with Crippen molar-refractivity contribution in [2.45, 2.75) is 19.5 Å². The predicted molar refractivity (Wildman–Crippen MR) is 121 cm³/mol. The molecule has 0 saturated carbocycles. The van der Waals surface area contributed by atoms with Gasteiger partial charge in [-0.2, -0.15) is 0 Å². The van der Waals surface area contributed by atoms with E-state index >= 15 is 0 Å². The Hall–Kier alpha value is -3.72. The van der Waals surface area contributed by atoms with Gasteiger partial charge in [-0.3, -0.25) is 9.59 Å². The predicted octanol–water partition coefficient (Wildman–Crippen LogP) is 3.25. The van der Waals surface area contributed by atoms with Gasteiger partial charge in [-0.05, 0) is 35.7 Å². The molecule has 4 aromatic rings. The van der Waals surface area contributed by atoms with E-state index in [0.717, 1.165) is 4.88 Å². The van der Waals surface area contributed by atoms with Crippen LogP contribution in [0.5, 0.6) is 11.5 Å². The Labute approximate surface area is 187 Å². The number of amides is 1. The molecule has 0 N–H and O–H groups in total. The minimum absolute atomic E-state index is 0.104. The molecule has 2 aromatic carbocycles. The number of aryl methyl sites for hydroxylation is 1. The zero-order valence-corrected chi connectivity index (χ0v) is 18.0. The van der Waals surface area contributed by atoms with Crippen LogP contribution < -0.4 is 19.9 Å². The second-order valence-electron chi connectivity index (χ2n) is 7.27. The number of carbonyl (C=O) groups is 1. The fourth-order valence-corrected chi connectivity index (χ4v) is 4.28. The number of benzene rings is 2. The molecular formula is C23H20N4O4S. The van der Waals surface area contributed by atoms with Crippen molar-refractivity contribution in [1.29, 1.82) is 0 Å². The summed E-state index contributed by atoms with van der Waals surface area (Å²) < 4.78 is 12.5. The molecule has 2 aromatic heterocycles. The van der Waals surface area contributed by atoms with Gasteiger partial charge in [-0.25, -0.2) is 4.68 Å². The molecule has 8 nitrogen and oxygen atoms in total. The first-order chi connectivity index (χ1) is 15.7. The molecule has 0 saturated heterocycles. The highest BCUT2D eigenvalue weighted by Gasteiger charge is 2.21. The summed E-state index contributed by atoms with van der Waals surface area (Å²) in [5.41, 5.74) is 0.993. The number of ether oxygens (including phenoxy) is 2. The zero-order chi connectivity index (χ0) is 21.9. The van der Waals surface area contributed by atoms with Gasteiger partial charge < -0.3 is 14.4 Å². The Morgan fingerprint density at radius 3 is 2.75 bits per heavy atom. The summed E-state index contributed by atoms with van der Waals surface area (Å²) >= 11 is 1.58. The highest BCUT2D eigenvalue weighted by atomic mass is 32.1. The summed E-state index contributed by atoms with van der Waals surface area (Å²) in [4.78, 5) is 28.7. The van der Waals surface area contributed by atoms with Gasteiger partial charge >= 0.3 is 0 Å². The van der Waals surface area contributed by atoms with Crippen LogP contribution in [-0.2, 0) is 17.9 Å². The molecule has 0 fully saturated rings. The quantitative estimate of drug-likeness (QED) is 0.450. The maximum absolute atomic E-state index is 13.3. The highest BCUT2D eigenvalue weighted by molar-refractivity contribution is 7.09. The number of nitrogens with zero attached hydrogens (tertiary/aromatic N) is 4. The summed E-state index contributed by atoms with van der Waals surface area (Å²) in [6.07, 6.45) is 0.104. The Morgan fingerprint density at radius 2 is 1.91 bits per heavy atom. The molecule has 0 aliphatic carbocycles. The molecule has 0 bridgehead atoms. The van der Waals surface area contributed by atoms with Gasteiger partial charge in [0.15, 0.2) is 11.5 Å². The zero-order valence-electron chi connectivity index (χ0n) is 17.1. The fraction of sp³-hybridized carbons (Fsp3) is 0.217. The average molecular weight is 449 g/mol. The lowest BCUT2D eigenvalue weighted by molar-refractivity contribution is -0.119. The van der Waals surface area contributed by atoms with Crippen molar-refractivity contribution < 1.29 is 14.3 Å². The largest absolute Gasteiger partial charge is 0.486 e. The molecular weight excluding hydrogens is 428 g/mol. The Kier molecular flexibility index (Phi) is 5.55. The first kappa shape index (κ1) is 20.2. The molecule has 0 radical (unpaired) electrons. The Balaban J connectivity index is 1.40. The van der Waals surface area contributed by atoms with Crippen LogP contribution in [0, 0.1) is 0 Å². The van der Waals surface area contributed by atoms with E-state index in [2.05, 4.69) is 10.3 Å². The molecule has 0 atom stereocenters. The highest BCUT2D eigenvalue weighted by Crippen LogP contribution is 2.35. The SMILES string of the molecule is O=C(CCn1nnc2ccccc2c1=O)N(Cc1cccs1)c1ccc2c(c1)OCCO2. The molecule has 3 heterocycles. The Bertz CT molecular complexity index is 1320. The van der Waals surface area contributed by atoms with Crippen LogP contribution in [0.15, 0.2) is 64.8 Å². The second-order valence-corrected chi connectivity index (χ2v) is 8.30. The van der Waals surface area contributed by atoms with E-state index in [4.69, 9.17) is 9.47 Å². The molecule has 0 unspecified atom stereocenters. The van der Waals surface area contributed by atoms with Gasteiger partial charge in [0, 0.05) is 23.1 Å². The molecule has 5 rings (SSSR count). The second kappa shape index (κ2) is 8.80. The first-order valence-electron chi connectivity index (χ1n) is 10.2. The van der Waals surface area contributed by atoms with E-state index in [1.165, 1.54) is 4.68 Å². The van der Waals surface area contributed by atoms with E-state index < -0.39 is 0 Å². The number of anilines is 1. The monoisotopic (exact) mass is 448 g/mol. The van der Waals surface area contributed by atoms with Gasteiger partial charge in [0.05, 0.1) is 18.5 Å². The van der Waals surface area contributed by atoms with Crippen LogP contribution >= 0.6 is 11.3 Å². The third-order valence-corrected chi connectivity index (χ3v) is 6.06. The maximum atomic E-state index is 13.3. The normalized spacial score (nSPS) is 12.6. The number of thiophene rings is 1. The average Bonchev–Trinajstić information content (AvgIpc) is 3.35. The molecule has 1 aliphatic rings. The molecule has 32 heavy (non-hydrogen) atoms. The lowest BCUT2D eigenvalue weighted by Crippen LogP contribution is -2.33. The Morgan fingerprint density at radius 1 is 1.06 bits per heavy atom. The van der Waals surface area contributed by atoms with Gasteiger partial charge in [-0.15, -0.1) is 16.4 Å². The van der Waals surface area contributed by atoms with Crippen LogP contribution in [-0.4, -0.2) is 34.1 Å². The van der Waals surface area contributed by atoms with Crippen molar-refractivity contribution in [2.75, 3.05) is 18.1 Å². The van der Waals surface area contributed by atoms with Crippen molar-refractivity contribution in [3.8, 4) is 11.5 Å². The van der Waals surface area contributed by atoms with E-state index in [1.54, 1.807) is 40.5 Å². The van der Waals surface area contributed by atoms with Gasteiger partial charge in [0.25, 0.3) is 5.56 Å². The first-order valence-corrected chi connectivity index (χ1v) is 11.1. The fourth-order valence-electron chi connectivity index (χ4n) is 3.59. The summed E-state index contributed by atoms with van der Waals surface area (Å²) in [5.74, 6) is 1.16. The molecule has 9 heteroatoms. The smallest absolute Gasteiger partial charge is 0.277 e. The van der Waals surface area contributed by atoms with E-state index in [9.17, 15) is 9.59 Å². The van der Waals surface area contributed by atoms with Crippen molar-refractivity contribution in [3.63, 3.8) is 0 Å². The minimum atomic E-state index is -0.257. The molecule has 0 spiro atoms. The minimum Gasteiger partial charge on any atom is -0.486 e. The summed E-state index contributed by atoms with van der Waals surface area (Å²) in [6.45, 7) is 1.54. The van der Waals surface area contributed by atoms with Gasteiger partial charge in [0.2, 0.25) is 5.91 Å². The standard InChI is InChI=1S/C23H20N4O4S/c28-22(9-10-27-23(29)18-5-1-2-6-19(18)24-25-27)26(15-17-4-3-13-32-17)16-7-8-20-21(14-16)31-12-11-30-20/h1-8,13-14H,9-12,15H2. The third-order valence-electron chi connectivity index (χ3n) is 5.20. The van der Waals surface area contributed by atoms with Crippen LogP contribution in [0.4, 0.5) is 5.69 Å². The van der Waals surface area contributed by atoms with Crippen molar-refractivity contribution in [3.05, 3.63) is 75.2 Å². The van der Waals surface area contributed by atoms with Gasteiger partial charge in [0.1, 0.15) is 18.7 Å². The van der Waals surface area contributed by atoms with Gasteiger partial charge in [-0.1, -0.05) is 23.4 Å². The number of hydrogen-bond acceptors (Lipinski definition) is 7. The maximum Gasteiger partial charge on any atom is 0.277 e. The van der Waals surface area contributed by atoms with E-state index in [0.29, 0.717) is 47.8 Å². The number of hydrogen-bond donors (Lipinski definition) is 0. The van der Waals surface area contributed by atoms with Crippen molar-refractivity contribution >= 4 is 33.8 Å². The number of aromatic nitrogens is 3. The van der Waals surface area contributed by atoms with Crippen LogP contribution in [0.3, 0.4) is 0 Å². The van der Waals surface area contributed by atoms with E-state index in [1.807, 2.05) is 35.7 Å². The molecule has 1 amide bonds. The van der Waals surface area contributed by atoms with Crippen LogP contribution in [0.25, 0.3) is 10.9 Å².